The topological polar surface area (TPSA) is 615 Å². The Balaban J connectivity index is 8.07. The quantitative estimate of drug-likeness (QED) is 0.0160. The Hall–Kier alpha value is 16.2. The van der Waals surface area contributed by atoms with Crippen molar-refractivity contribution in [2.24, 2.45) is 0 Å². The van der Waals surface area contributed by atoms with E-state index >= 15 is 0 Å². The van der Waals surface area contributed by atoms with Crippen LogP contribution in [0.1, 0.15) is 0 Å². The first-order chi connectivity index (χ1) is 61.3. The zero-order valence-electron chi connectivity index (χ0n) is 81.6. The van der Waals surface area contributed by atoms with Crippen LogP contribution in [-0.2, 0) is 341 Å². The summed E-state index contributed by atoms with van der Waals surface area (Å²) in [6.45, 7) is -54.7. The van der Waals surface area contributed by atoms with Crippen LogP contribution < -0.4 is 0 Å². The second-order valence-corrected chi connectivity index (χ2v) is 196. The highest BCUT2D eigenvalue weighted by atomic mass is 33.5. The minimum atomic E-state index is -5.80. The van der Waals surface area contributed by atoms with Crippen LogP contribution >= 0.6 is 239 Å². The maximum absolute atomic E-state index is 13.5. The molecule has 650 valence electrons. The third-order valence-corrected chi connectivity index (χ3v) is 244. The van der Waals surface area contributed by atoms with Crippen LogP contribution in [0.15, 0.2) is 0 Å². The normalized spacial score (nSPS) is 39.1. The van der Waals surface area contributed by atoms with Gasteiger partial charge in [0.25, 0.3) is 0 Å². The zero-order valence-corrected chi connectivity index (χ0v) is 107. The number of thiol groups is 36. The van der Waals surface area contributed by atoms with Gasteiger partial charge in [0.15, 0.2) is 2.25 Å². The SMILES string of the molecule is [3H]S(=O)(=P)P=S([3H])(=O)P=S([3H])(=O)P=S([3H])(=O)P=S([3H])(=O)P=S([3H])(=O)P=S([3H])(=O)P=S([3H])(=O)P=S([3H])(=O)P=S([3H])(=O)P=S([3H])(=O)P=S([3H])(=O)P=S([3H])(=O)P=S([3H])(=O)P=S([3H])(=O)P=S([3H])(=O)P=S([3H])(=O)P=S([3H])(=O)S([3H])(=O)=PS([3H])(=O)=PS([3H])(=O)=PS([3H])(=O)=PS([3H])(=O)=PS([3H])(=O)=PS([3H])(=O)=PS([3H])(=O)=PS([3H])(=O)=PS([3H])(=O)=PS([3H])(=O)=PS([3H])(=O)=PS([3H])(=O)=PS([3H])(=O)=PS([3H])(=O)=PS([3H])(=O)=PS([3H])(=O)=PS([3H])(=O)=P. The predicted octanol–water partition coefficient (Wildman–Crippen LogP) is 8.72. The van der Waals surface area contributed by atoms with Gasteiger partial charge in [-0.1, -0.05) is 16.0 Å². The van der Waals surface area contributed by atoms with Crippen molar-refractivity contribution in [3.8, 4) is 0 Å². The molecule has 0 radical (unpaired) electrons. The second kappa shape index (κ2) is 73.5. The molecule has 0 fully saturated rings. The maximum Gasteiger partial charge on any atom is 0.150 e. The number of hydrogen-bond donors (Lipinski definition) is 36. The highest BCUT2D eigenvalue weighted by molar-refractivity contribution is 8.98. The molecule has 0 aromatic rings. The van der Waals surface area contributed by atoms with Gasteiger partial charge in [0, 0.05) is 323 Å². The van der Waals surface area contributed by atoms with Gasteiger partial charge in [-0.25, -0.2) is 0 Å². The molecule has 0 aliphatic heterocycles. The summed E-state index contributed by atoms with van der Waals surface area (Å²) in [5.41, 5.74) is 0. The fourth-order valence-electron chi connectivity index (χ4n) is 2.34. The van der Waals surface area contributed by atoms with Gasteiger partial charge >= 0.3 is 0 Å². The Labute approximate surface area is 759 Å². The molecular formula is H38O36P36S36. The average Bonchev–Trinajstić information content (AvgIpc) is 0.775. The molecule has 0 aromatic carbocycles. The molecule has 0 amide bonds. The lowest BCUT2D eigenvalue weighted by atomic mass is 16.0. The van der Waals surface area contributed by atoms with E-state index in [0.717, 1.165) is 0 Å². The monoisotopic (exact) mass is 2950 g/mol. The summed E-state index contributed by atoms with van der Waals surface area (Å²) in [7, 11) is -176. The van der Waals surface area contributed by atoms with Crippen molar-refractivity contribution in [2.45, 2.75) is 0 Å². The highest BCUT2D eigenvalue weighted by Gasteiger charge is 1.97. The van der Waals surface area contributed by atoms with Crippen LogP contribution in [-0.4, -0.2) is 192 Å². The molecule has 36 atom stereocenters. The van der Waals surface area contributed by atoms with E-state index in [0.29, 0.717) is 0 Å². The molecule has 0 aliphatic carbocycles. The maximum atomic E-state index is 13.5. The summed E-state index contributed by atoms with van der Waals surface area (Å²) in [6, 6.07) is 0. The van der Waals surface area contributed by atoms with E-state index in [4.69, 9.17) is 40.5 Å². The van der Waals surface area contributed by atoms with Crippen LogP contribution in [0.2, 0.25) is 0 Å². The molecule has 36 unspecified atom stereocenters. The predicted molar refractivity (Wildman–Crippen MR) is 595 cm³/mol. The Morgan fingerprint density at radius 1 is 0.111 bits per heavy atom. The van der Waals surface area contributed by atoms with Crippen LogP contribution in [0, 0.1) is 0 Å². The molecular weight excluding hydrogens is 2850 g/mol. The van der Waals surface area contributed by atoms with Crippen LogP contribution in [0.3, 0.4) is 0 Å². The van der Waals surface area contributed by atoms with E-state index in [9.17, 15) is 152 Å². The van der Waals surface area contributed by atoms with Gasteiger partial charge in [-0.05, 0) is 0 Å². The molecule has 0 aliphatic rings. The molecule has 0 heterocycles. The Morgan fingerprint density at radius 2 is 0.167 bits per heavy atom. The van der Waals surface area contributed by atoms with Gasteiger partial charge in [-0.2, -0.15) is 0 Å². The van der Waals surface area contributed by atoms with Crippen LogP contribution in [0.5, 0.6) is 0 Å². The van der Waals surface area contributed by atoms with E-state index in [2.05, 4.69) is 16.0 Å². The molecule has 36 nitrogen and oxygen atoms in total. The smallest absolute Gasteiger partial charge is 0.150 e. The van der Waals surface area contributed by atoms with Gasteiger partial charge in [0.2, 0.25) is 0 Å². The summed E-state index contributed by atoms with van der Waals surface area (Å²) in [6.07, 6.45) is 0. The summed E-state index contributed by atoms with van der Waals surface area (Å²) in [4.78, 5) is 0. The fourth-order valence-corrected chi connectivity index (χ4v) is 324. The third-order valence-electron chi connectivity index (χ3n) is 4.46. The van der Waals surface area contributed by atoms with E-state index in [1.54, 1.807) is 0 Å². The first kappa shape index (κ1) is 74.4. The molecule has 0 aromatic heterocycles. The van der Waals surface area contributed by atoms with Crippen molar-refractivity contribution in [1.82, 2.24) is 0 Å². The van der Waals surface area contributed by atoms with Crippen molar-refractivity contribution in [2.75, 3.05) is 0 Å². The lowest BCUT2D eigenvalue weighted by Gasteiger charge is -1.82. The average molecular weight is 2960 g/mol. The lowest BCUT2D eigenvalue weighted by molar-refractivity contribution is 0.687. The molecule has 0 saturated carbocycles. The standard InChI is InChI=1S/H38O36P36S36/c1-73(37)39-75(3)41-77(5)43-79(7)45-81(9)47-83(11)49-85(13)51-87(15)53-89(17)55-91(19)57-93(21)59-95(23)61-97(25)63-99(27)65-101(29)67-103(31)69-105(33)71-107(35)108(36)72-106(34)70-104(32)68-102(30)66-100(28)64-98(26)62-96(24)60-94(22)58-92(20)56-90(18)54-88(16)52-86(14)50-84(12)48-82(10)46-80(8)44-78(6)42-76(4)40-74(2)38/h37-38,73-108H/i73T,74T,75T,76T,77T,78T,79T,80T,81T,82T,83T,84T,85T,86T,87T,88T,89T,90T,91T,92T,93T,94T,95T,96T,97T,98T,99T,100T,101T,102T,103T,104T,105T,106T,107T,108T. The minimum Gasteiger partial charge on any atom is -0.257 e. The number of hydrogen-bond acceptors (Lipinski definition) is 36. The Kier molecular flexibility index (Phi) is 50.6. The summed E-state index contributed by atoms with van der Waals surface area (Å²) in [5, 5.41) is 0. The molecule has 108 heavy (non-hydrogen) atoms. The molecule has 108 heteroatoms. The zero-order chi connectivity index (χ0) is 116. The van der Waals surface area contributed by atoms with Gasteiger partial charge in [-0.3, -0.25) is 152 Å². The largest absolute Gasteiger partial charge is 0.257 e. The molecule has 0 N–H and O–H groups in total. The summed E-state index contributed by atoms with van der Waals surface area (Å²) in [5.74, 6) is 0. The van der Waals surface area contributed by atoms with Gasteiger partial charge < -0.3 is 0 Å². The van der Waals surface area contributed by atoms with E-state index in [1.165, 1.54) is 0 Å². The Morgan fingerprint density at radius 3 is 0.231 bits per heavy atom. The minimum absolute atomic E-state index is 1.03. The van der Waals surface area contributed by atoms with Crippen molar-refractivity contribution in [1.29, 1.82) is 40.5 Å². The van der Waals surface area contributed by atoms with Crippen molar-refractivity contribution in [3.63, 3.8) is 0 Å². The van der Waals surface area contributed by atoms with Gasteiger partial charge in [-0.15, -0.1) is 0 Å². The number of rotatable bonds is 35. The van der Waals surface area contributed by atoms with Gasteiger partial charge in [0.05, 0.1) is 241 Å². The highest BCUT2D eigenvalue weighted by Crippen LogP contribution is 2.34. The summed E-state index contributed by atoms with van der Waals surface area (Å²) >= 11 is 0. The summed E-state index contributed by atoms with van der Waals surface area (Å²) < 4.78 is 756. The van der Waals surface area contributed by atoms with Gasteiger partial charge in [0.1, 0.15) is 38.2 Å². The van der Waals surface area contributed by atoms with Crippen molar-refractivity contribution >= 4 is 580 Å². The first-order valence-corrected chi connectivity index (χ1v) is 135. The van der Waals surface area contributed by atoms with E-state index < -0.39 is 564 Å². The van der Waals surface area contributed by atoms with Crippen molar-refractivity contribution in [3.05, 3.63) is 0 Å². The molecule has 0 saturated heterocycles. The third kappa shape index (κ3) is 73.6. The molecule has 0 rings (SSSR count). The Bertz CT molecular complexity index is 10300. The lowest BCUT2D eigenvalue weighted by Crippen LogP contribution is -1.69. The van der Waals surface area contributed by atoms with E-state index in [1.807, 2.05) is 0 Å². The first-order valence-electron chi connectivity index (χ1n) is 33.7. The van der Waals surface area contributed by atoms with Crippen LogP contribution in [0.25, 0.3) is 0 Å². The van der Waals surface area contributed by atoms with E-state index in [-0.39, 0.29) is 0 Å². The second-order valence-electron chi connectivity index (χ2n) is 10.8. The molecule has 0 spiro atoms. The van der Waals surface area contributed by atoms with Crippen LogP contribution in [0.4, 0.5) is 0 Å². The molecule has 0 bridgehead atoms. The fraction of sp³-hybridized carbons (Fsp3) is 0. The van der Waals surface area contributed by atoms with Crippen molar-refractivity contribution < 1.29 is 152 Å².